The van der Waals surface area contributed by atoms with E-state index in [9.17, 15) is 9.70 Å². The van der Waals surface area contributed by atoms with E-state index in [0.29, 0.717) is 23.4 Å². The first-order valence-electron chi connectivity index (χ1n) is 8.90. The Hall–Kier alpha value is -3.39. The fourth-order valence-corrected chi connectivity index (χ4v) is 4.09. The number of hydrogen-bond acceptors (Lipinski definition) is 7. The van der Waals surface area contributed by atoms with Crippen molar-refractivity contribution in [2.45, 2.75) is 18.5 Å². The summed E-state index contributed by atoms with van der Waals surface area (Å²) in [5, 5.41) is 7.48. The van der Waals surface area contributed by atoms with E-state index in [1.807, 2.05) is 42.5 Å². The van der Waals surface area contributed by atoms with Gasteiger partial charge in [-0.15, -0.1) is 4.91 Å². The summed E-state index contributed by atoms with van der Waals surface area (Å²) < 4.78 is 17.3. The lowest BCUT2D eigenvalue weighted by Gasteiger charge is -2.30. The van der Waals surface area contributed by atoms with Crippen LogP contribution in [0.1, 0.15) is 22.9 Å². The van der Waals surface area contributed by atoms with Crippen LogP contribution in [0.15, 0.2) is 47.8 Å². The molecule has 0 spiro atoms. The van der Waals surface area contributed by atoms with Crippen molar-refractivity contribution in [2.75, 3.05) is 13.9 Å². The highest BCUT2D eigenvalue weighted by molar-refractivity contribution is 5.88. The molecule has 0 saturated heterocycles. The second-order valence-corrected chi connectivity index (χ2v) is 6.77. The van der Waals surface area contributed by atoms with Crippen molar-refractivity contribution in [1.82, 2.24) is 9.99 Å². The van der Waals surface area contributed by atoms with Gasteiger partial charge in [-0.25, -0.2) is 0 Å². The Kier molecular flexibility index (Phi) is 3.80. The van der Waals surface area contributed by atoms with Crippen LogP contribution in [0.4, 0.5) is 0 Å². The molecule has 0 radical (unpaired) electrons. The van der Waals surface area contributed by atoms with E-state index >= 15 is 0 Å². The second kappa shape index (κ2) is 6.35. The second-order valence-electron chi connectivity index (χ2n) is 6.77. The standard InChI is InChI=1S/C20H17N3O5/c1-26-20(24)14-9-13-12-4-2-3-5-15(12)23(22-25)19(13)18(21-14)11-6-7-16-17(8-11)28-10-27-16/h2-8,14,18,21H,9-10H2,1H3/t14-,18-/m1/s1. The monoisotopic (exact) mass is 379 g/mol. The van der Waals surface area contributed by atoms with Crippen LogP contribution in [-0.2, 0) is 16.0 Å². The number of carbonyl (C=O) groups excluding carboxylic acids is 1. The molecular formula is C20H17N3O5. The van der Waals surface area contributed by atoms with E-state index in [4.69, 9.17) is 14.2 Å². The normalized spacial score (nSPS) is 20.0. The van der Waals surface area contributed by atoms with E-state index in [1.165, 1.54) is 11.8 Å². The van der Waals surface area contributed by atoms with Crippen LogP contribution in [0.25, 0.3) is 10.9 Å². The first-order valence-corrected chi connectivity index (χ1v) is 8.90. The number of aromatic nitrogens is 1. The lowest BCUT2D eigenvalue weighted by atomic mass is 9.90. The molecule has 0 unspecified atom stereocenters. The quantitative estimate of drug-likeness (QED) is 0.556. The minimum absolute atomic E-state index is 0.170. The Morgan fingerprint density at radius 3 is 2.86 bits per heavy atom. The maximum Gasteiger partial charge on any atom is 0.323 e. The number of nitrogens with one attached hydrogen (secondary N) is 1. The Morgan fingerprint density at radius 1 is 1.21 bits per heavy atom. The van der Waals surface area contributed by atoms with Crippen molar-refractivity contribution < 1.29 is 19.0 Å². The largest absolute Gasteiger partial charge is 0.468 e. The number of para-hydroxylation sites is 1. The Balaban J connectivity index is 1.73. The SMILES string of the molecule is COC(=O)[C@H]1Cc2c(n(N=O)c3ccccc23)[C@@H](c2ccc3c(c2)OCO3)N1. The molecule has 0 fully saturated rings. The van der Waals surface area contributed by atoms with Gasteiger partial charge < -0.3 is 14.2 Å². The molecule has 0 amide bonds. The third-order valence-corrected chi connectivity index (χ3v) is 5.34. The number of hydrogen-bond donors (Lipinski definition) is 1. The summed E-state index contributed by atoms with van der Waals surface area (Å²) in [6.07, 6.45) is 0.409. The third kappa shape index (κ3) is 2.38. The molecule has 5 rings (SSSR count). The topological polar surface area (TPSA) is 91.2 Å². The summed E-state index contributed by atoms with van der Waals surface area (Å²) in [4.78, 5) is 24.1. The van der Waals surface area contributed by atoms with Crippen molar-refractivity contribution >= 4 is 16.9 Å². The number of rotatable bonds is 3. The molecule has 8 nitrogen and oxygen atoms in total. The molecule has 2 aliphatic rings. The van der Waals surface area contributed by atoms with E-state index in [2.05, 4.69) is 10.6 Å². The molecular weight excluding hydrogens is 362 g/mol. The molecule has 0 saturated carbocycles. The van der Waals surface area contributed by atoms with Crippen LogP contribution in [0.2, 0.25) is 0 Å². The third-order valence-electron chi connectivity index (χ3n) is 5.34. The molecule has 8 heteroatoms. The van der Waals surface area contributed by atoms with Gasteiger partial charge in [0.05, 0.1) is 29.6 Å². The predicted molar refractivity (Wildman–Crippen MR) is 100 cm³/mol. The Morgan fingerprint density at radius 2 is 2.04 bits per heavy atom. The molecule has 2 aliphatic heterocycles. The Bertz CT molecular complexity index is 1110. The van der Waals surface area contributed by atoms with Gasteiger partial charge in [0.2, 0.25) is 6.79 Å². The number of nitroso groups, excluding NO2 is 1. The van der Waals surface area contributed by atoms with Crippen LogP contribution >= 0.6 is 0 Å². The zero-order valence-corrected chi connectivity index (χ0v) is 15.0. The molecule has 3 aromatic rings. The molecule has 2 aromatic carbocycles. The molecule has 3 heterocycles. The van der Waals surface area contributed by atoms with Gasteiger partial charge in [0.25, 0.3) is 0 Å². The first-order chi connectivity index (χ1) is 13.7. The van der Waals surface area contributed by atoms with Crippen LogP contribution in [0.3, 0.4) is 0 Å². The van der Waals surface area contributed by atoms with Crippen molar-refractivity contribution in [3.8, 4) is 11.5 Å². The Labute approximate surface area is 159 Å². The average Bonchev–Trinajstić information content (AvgIpc) is 3.34. The molecule has 142 valence electrons. The summed E-state index contributed by atoms with van der Waals surface area (Å²) in [6.45, 7) is 0.170. The lowest BCUT2D eigenvalue weighted by molar-refractivity contribution is -0.143. The van der Waals surface area contributed by atoms with Crippen molar-refractivity contribution in [1.29, 1.82) is 0 Å². The fraction of sp³-hybridized carbons (Fsp3) is 0.250. The van der Waals surface area contributed by atoms with Crippen molar-refractivity contribution in [2.24, 2.45) is 5.29 Å². The van der Waals surface area contributed by atoms with E-state index in [1.54, 1.807) is 0 Å². The van der Waals surface area contributed by atoms with E-state index in [0.717, 1.165) is 22.2 Å². The van der Waals surface area contributed by atoms with Gasteiger partial charge in [-0.05, 0) is 29.3 Å². The smallest absolute Gasteiger partial charge is 0.323 e. The van der Waals surface area contributed by atoms with Crippen molar-refractivity contribution in [3.63, 3.8) is 0 Å². The van der Waals surface area contributed by atoms with Gasteiger partial charge in [-0.1, -0.05) is 24.3 Å². The molecule has 1 N–H and O–H groups in total. The minimum Gasteiger partial charge on any atom is -0.468 e. The highest BCUT2D eigenvalue weighted by Gasteiger charge is 2.37. The molecule has 28 heavy (non-hydrogen) atoms. The number of ether oxygens (including phenoxy) is 3. The number of carbonyl (C=O) groups is 1. The van der Waals surface area contributed by atoms with Gasteiger partial charge in [0.15, 0.2) is 11.5 Å². The van der Waals surface area contributed by atoms with Crippen molar-refractivity contribution in [3.05, 3.63) is 64.2 Å². The number of methoxy groups -OCH3 is 1. The molecule has 1 aromatic heterocycles. The first kappa shape index (κ1) is 16.8. The zero-order chi connectivity index (χ0) is 19.3. The van der Waals surface area contributed by atoms with Crippen LogP contribution < -0.4 is 14.8 Å². The van der Waals surface area contributed by atoms with Gasteiger partial charge in [-0.3, -0.25) is 10.1 Å². The number of fused-ring (bicyclic) bond motifs is 4. The maximum absolute atomic E-state index is 12.3. The summed E-state index contributed by atoms with van der Waals surface area (Å²) >= 11 is 0. The van der Waals surface area contributed by atoms with Gasteiger partial charge in [-0.2, -0.15) is 4.68 Å². The fourth-order valence-electron chi connectivity index (χ4n) is 4.09. The van der Waals surface area contributed by atoms with Crippen LogP contribution in [-0.4, -0.2) is 30.6 Å². The van der Waals surface area contributed by atoms with Crippen LogP contribution in [0.5, 0.6) is 11.5 Å². The number of esters is 1. The van der Waals surface area contributed by atoms with E-state index < -0.39 is 12.1 Å². The summed E-state index contributed by atoms with van der Waals surface area (Å²) in [6, 6.07) is 12.1. The summed E-state index contributed by atoms with van der Waals surface area (Å²) in [5.74, 6) is 0.938. The number of nitrogens with zero attached hydrogens (tertiary/aromatic N) is 2. The van der Waals surface area contributed by atoms with E-state index in [-0.39, 0.29) is 12.8 Å². The maximum atomic E-state index is 12.3. The van der Waals surface area contributed by atoms with Gasteiger partial charge >= 0.3 is 5.97 Å². The highest BCUT2D eigenvalue weighted by atomic mass is 16.7. The summed E-state index contributed by atoms with van der Waals surface area (Å²) in [7, 11) is 1.37. The molecule has 0 aliphatic carbocycles. The zero-order valence-electron chi connectivity index (χ0n) is 15.0. The average molecular weight is 379 g/mol. The number of benzene rings is 2. The van der Waals surface area contributed by atoms with Crippen LogP contribution in [0, 0.1) is 4.91 Å². The predicted octanol–water partition coefficient (Wildman–Crippen LogP) is 2.68. The van der Waals surface area contributed by atoms with Gasteiger partial charge in [0.1, 0.15) is 6.04 Å². The molecule has 2 atom stereocenters. The minimum atomic E-state index is -0.543. The van der Waals surface area contributed by atoms with Gasteiger partial charge in [0, 0.05) is 11.8 Å². The lowest BCUT2D eigenvalue weighted by Crippen LogP contribution is -2.46. The highest BCUT2D eigenvalue weighted by Crippen LogP contribution is 2.41. The molecule has 0 bridgehead atoms. The summed E-state index contributed by atoms with van der Waals surface area (Å²) in [5.41, 5.74) is 3.18.